The van der Waals surface area contributed by atoms with Crippen LogP contribution in [0.25, 0.3) is 10.4 Å². The second-order valence-electron chi connectivity index (χ2n) is 5.73. The van der Waals surface area contributed by atoms with Crippen molar-refractivity contribution in [3.05, 3.63) is 35.2 Å². The smallest absolute Gasteiger partial charge is 0.146 e. The van der Waals surface area contributed by atoms with Crippen LogP contribution in [-0.2, 0) is 5.60 Å². The summed E-state index contributed by atoms with van der Waals surface area (Å²) in [6, 6.07) is 4.74. The topological polar surface area (TPSA) is 62.4 Å². The lowest BCUT2D eigenvalue weighted by molar-refractivity contribution is -0.0248. The molecule has 6 heteroatoms. The van der Waals surface area contributed by atoms with Gasteiger partial charge in [0.2, 0.25) is 0 Å². The molecule has 2 aromatic rings. The minimum Gasteiger partial charge on any atom is -0.396 e. The Balaban J connectivity index is 1.83. The van der Waals surface area contributed by atoms with Gasteiger partial charge >= 0.3 is 0 Å². The maximum absolute atomic E-state index is 13.6. The summed E-state index contributed by atoms with van der Waals surface area (Å²) in [6.45, 7) is 4.88. The van der Waals surface area contributed by atoms with E-state index in [-0.39, 0.29) is 5.69 Å². The predicted molar refractivity (Wildman–Crippen MR) is 87.2 cm³/mol. The lowest BCUT2D eigenvalue weighted by Gasteiger charge is -2.36. The highest BCUT2D eigenvalue weighted by Gasteiger charge is 2.36. The van der Waals surface area contributed by atoms with Gasteiger partial charge in [-0.3, -0.25) is 0 Å². The van der Waals surface area contributed by atoms with Crippen molar-refractivity contribution in [3.63, 3.8) is 0 Å². The highest BCUT2D eigenvalue weighted by molar-refractivity contribution is 7.15. The summed E-state index contributed by atoms with van der Waals surface area (Å²) in [7, 11) is 0. The van der Waals surface area contributed by atoms with Gasteiger partial charge in [-0.25, -0.2) is 9.37 Å². The number of rotatable bonds is 3. The third kappa shape index (κ3) is 2.86. The third-order valence-corrected chi connectivity index (χ3v) is 5.56. The number of aromatic nitrogens is 1. The van der Waals surface area contributed by atoms with E-state index in [2.05, 4.69) is 16.8 Å². The van der Waals surface area contributed by atoms with Gasteiger partial charge in [-0.15, -0.1) is 11.3 Å². The molecule has 0 amide bonds. The van der Waals surface area contributed by atoms with Crippen molar-refractivity contribution in [3.8, 4) is 10.4 Å². The molecule has 0 aliphatic carbocycles. The molecule has 2 heterocycles. The Hall–Kier alpha value is -1.50. The summed E-state index contributed by atoms with van der Waals surface area (Å²) in [6.07, 6.45) is 3.07. The van der Waals surface area contributed by atoms with Gasteiger partial charge in [0.1, 0.15) is 16.4 Å². The monoisotopic (exact) mass is 321 g/mol. The number of nitrogens with zero attached hydrogens (tertiary/aromatic N) is 2. The van der Waals surface area contributed by atoms with Crippen molar-refractivity contribution in [2.75, 3.05) is 25.4 Å². The molecule has 0 bridgehead atoms. The van der Waals surface area contributed by atoms with Crippen molar-refractivity contribution in [2.24, 2.45) is 0 Å². The number of aliphatic hydroxyl groups is 1. The van der Waals surface area contributed by atoms with Crippen LogP contribution >= 0.6 is 11.3 Å². The molecule has 0 saturated carbocycles. The van der Waals surface area contributed by atoms with Crippen LogP contribution in [0.1, 0.15) is 24.8 Å². The lowest BCUT2D eigenvalue weighted by atomic mass is 9.92. The van der Waals surface area contributed by atoms with Gasteiger partial charge in [0, 0.05) is 19.3 Å². The molecule has 3 N–H and O–H groups in total. The minimum atomic E-state index is -0.860. The van der Waals surface area contributed by atoms with Gasteiger partial charge in [0.05, 0.1) is 10.6 Å². The zero-order chi connectivity index (χ0) is 15.7. The zero-order valence-electron chi connectivity index (χ0n) is 12.6. The molecule has 1 aliphatic rings. The number of hydrogen-bond donors (Lipinski definition) is 2. The van der Waals surface area contributed by atoms with E-state index in [4.69, 9.17) is 5.73 Å². The Bertz CT molecular complexity index is 665. The van der Waals surface area contributed by atoms with E-state index in [1.807, 2.05) is 0 Å². The van der Waals surface area contributed by atoms with Crippen LogP contribution in [0.2, 0.25) is 0 Å². The number of thiazole rings is 1. The van der Waals surface area contributed by atoms with E-state index >= 15 is 0 Å². The van der Waals surface area contributed by atoms with E-state index in [0.29, 0.717) is 12.8 Å². The molecule has 3 rings (SSSR count). The number of likely N-dealkylation sites (tertiary alicyclic amines) is 1. The summed E-state index contributed by atoms with van der Waals surface area (Å²) in [5.74, 6) is -0.428. The minimum absolute atomic E-state index is 0.138. The van der Waals surface area contributed by atoms with E-state index < -0.39 is 11.4 Å². The molecule has 0 radical (unpaired) electrons. The van der Waals surface area contributed by atoms with Crippen LogP contribution < -0.4 is 5.73 Å². The Morgan fingerprint density at radius 2 is 2.14 bits per heavy atom. The van der Waals surface area contributed by atoms with Crippen LogP contribution in [0.3, 0.4) is 0 Å². The molecule has 0 atom stereocenters. The Morgan fingerprint density at radius 1 is 1.41 bits per heavy atom. The molecular weight excluding hydrogens is 301 g/mol. The molecule has 0 unspecified atom stereocenters. The van der Waals surface area contributed by atoms with Gasteiger partial charge in [-0.1, -0.05) is 13.0 Å². The SMILES string of the molecule is CCN1CCC(O)(c2ncc(-c3ccc(N)c(F)c3)s2)CC1. The van der Waals surface area contributed by atoms with Crippen molar-refractivity contribution in [2.45, 2.75) is 25.4 Å². The first-order valence-electron chi connectivity index (χ1n) is 7.48. The number of halogens is 1. The number of piperidine rings is 1. The van der Waals surface area contributed by atoms with Gasteiger partial charge in [0.25, 0.3) is 0 Å². The molecule has 1 fully saturated rings. The Labute approximate surface area is 133 Å². The van der Waals surface area contributed by atoms with Crippen LogP contribution in [0, 0.1) is 5.82 Å². The second kappa shape index (κ2) is 5.95. The normalized spacial score (nSPS) is 18.5. The van der Waals surface area contributed by atoms with Crippen LogP contribution in [0.15, 0.2) is 24.4 Å². The maximum atomic E-state index is 13.6. The lowest BCUT2D eigenvalue weighted by Crippen LogP contribution is -2.42. The number of hydrogen-bond acceptors (Lipinski definition) is 5. The number of anilines is 1. The Morgan fingerprint density at radius 3 is 2.77 bits per heavy atom. The molecule has 1 saturated heterocycles. The molecule has 1 aliphatic heterocycles. The average molecular weight is 321 g/mol. The first-order valence-corrected chi connectivity index (χ1v) is 8.30. The molecular formula is C16H20FN3OS. The van der Waals surface area contributed by atoms with Crippen LogP contribution in [0.5, 0.6) is 0 Å². The predicted octanol–water partition coefficient (Wildman–Crippen LogP) is 2.83. The maximum Gasteiger partial charge on any atom is 0.146 e. The largest absolute Gasteiger partial charge is 0.396 e. The van der Waals surface area contributed by atoms with Crippen molar-refractivity contribution >= 4 is 17.0 Å². The Kier molecular flexibility index (Phi) is 4.16. The number of nitrogen functional groups attached to an aromatic ring is 1. The van der Waals surface area contributed by atoms with E-state index in [9.17, 15) is 9.50 Å². The summed E-state index contributed by atoms with van der Waals surface area (Å²) < 4.78 is 13.6. The average Bonchev–Trinajstić information content (AvgIpc) is 3.01. The number of benzene rings is 1. The third-order valence-electron chi connectivity index (χ3n) is 4.32. The molecule has 4 nitrogen and oxygen atoms in total. The summed E-state index contributed by atoms with van der Waals surface area (Å²) in [5, 5.41) is 11.6. The van der Waals surface area contributed by atoms with Gasteiger partial charge in [-0.2, -0.15) is 0 Å². The second-order valence-corrected chi connectivity index (χ2v) is 6.76. The van der Waals surface area contributed by atoms with Gasteiger partial charge in [0.15, 0.2) is 0 Å². The fraction of sp³-hybridized carbons (Fsp3) is 0.438. The number of nitrogens with two attached hydrogens (primary N) is 1. The molecule has 0 spiro atoms. The summed E-state index contributed by atoms with van der Waals surface area (Å²) in [5.41, 5.74) is 5.52. The standard InChI is InChI=1S/C16H20FN3OS/c1-2-20-7-5-16(21,6-8-20)15-19-10-14(22-15)11-3-4-13(18)12(17)9-11/h3-4,9-10,21H,2,5-8,18H2,1H3. The summed E-state index contributed by atoms with van der Waals surface area (Å²) in [4.78, 5) is 7.55. The molecule has 1 aromatic carbocycles. The quantitative estimate of drug-likeness (QED) is 0.853. The fourth-order valence-corrected chi connectivity index (χ4v) is 3.81. The molecule has 22 heavy (non-hydrogen) atoms. The first kappa shape index (κ1) is 15.4. The van der Waals surface area contributed by atoms with Crippen LogP contribution in [0.4, 0.5) is 10.1 Å². The molecule has 1 aromatic heterocycles. The van der Waals surface area contributed by atoms with Gasteiger partial charge < -0.3 is 15.7 Å². The highest BCUT2D eigenvalue weighted by atomic mass is 32.1. The van der Waals surface area contributed by atoms with Crippen molar-refractivity contribution in [1.82, 2.24) is 9.88 Å². The van der Waals surface area contributed by atoms with Crippen molar-refractivity contribution < 1.29 is 9.50 Å². The van der Waals surface area contributed by atoms with E-state index in [1.54, 1.807) is 18.3 Å². The zero-order valence-corrected chi connectivity index (χ0v) is 13.4. The highest BCUT2D eigenvalue weighted by Crippen LogP contribution is 2.38. The van der Waals surface area contributed by atoms with E-state index in [1.165, 1.54) is 17.4 Å². The van der Waals surface area contributed by atoms with Gasteiger partial charge in [-0.05, 0) is 37.1 Å². The van der Waals surface area contributed by atoms with Crippen molar-refractivity contribution in [1.29, 1.82) is 0 Å². The fourth-order valence-electron chi connectivity index (χ4n) is 2.76. The first-order chi connectivity index (χ1) is 10.5. The van der Waals surface area contributed by atoms with E-state index in [0.717, 1.165) is 35.1 Å². The summed E-state index contributed by atoms with van der Waals surface area (Å²) >= 11 is 1.43. The van der Waals surface area contributed by atoms with Crippen LogP contribution in [-0.4, -0.2) is 34.6 Å². The molecule has 118 valence electrons.